The molecule has 2 saturated carbocycles. The maximum atomic E-state index is 5.60. The second-order valence-electron chi connectivity index (χ2n) is 5.18. The van der Waals surface area contributed by atoms with Gasteiger partial charge in [0.15, 0.2) is 0 Å². The molecule has 16 heavy (non-hydrogen) atoms. The topological polar surface area (TPSA) is 30.5 Å². The molecule has 0 unspecified atom stereocenters. The molecule has 0 spiro atoms. The van der Waals surface area contributed by atoms with E-state index in [0.29, 0.717) is 12.1 Å². The number of methoxy groups -OCH3 is 1. The van der Waals surface area contributed by atoms with Gasteiger partial charge in [-0.3, -0.25) is 0 Å². The molecule has 0 aromatic heterocycles. The lowest BCUT2D eigenvalue weighted by atomic mass is 9.93. The molecule has 0 aromatic rings. The number of nitrogens with one attached hydrogen (secondary N) is 1. The van der Waals surface area contributed by atoms with Crippen LogP contribution in [0.4, 0.5) is 0 Å². The van der Waals surface area contributed by atoms with E-state index in [1.165, 1.54) is 38.5 Å². The van der Waals surface area contributed by atoms with Gasteiger partial charge in [0.25, 0.3) is 0 Å². The summed E-state index contributed by atoms with van der Waals surface area (Å²) in [5, 5.41) is 3.58. The molecule has 3 nitrogen and oxygen atoms in total. The first-order chi connectivity index (χ1) is 7.88. The van der Waals surface area contributed by atoms with Gasteiger partial charge in [-0.05, 0) is 44.4 Å². The smallest absolute Gasteiger partial charge is 0.0591 e. The van der Waals surface area contributed by atoms with Gasteiger partial charge in [-0.15, -0.1) is 0 Å². The van der Waals surface area contributed by atoms with Crippen molar-refractivity contribution in [3.63, 3.8) is 0 Å². The number of hydrogen-bond donors (Lipinski definition) is 1. The van der Waals surface area contributed by atoms with Crippen LogP contribution in [0.3, 0.4) is 0 Å². The van der Waals surface area contributed by atoms with Crippen molar-refractivity contribution in [2.75, 3.05) is 26.9 Å². The number of hydrogen-bond acceptors (Lipinski definition) is 3. The molecule has 0 atom stereocenters. The Morgan fingerprint density at radius 3 is 2.44 bits per heavy atom. The zero-order valence-electron chi connectivity index (χ0n) is 10.4. The van der Waals surface area contributed by atoms with Gasteiger partial charge in [0.1, 0.15) is 0 Å². The standard InChI is InChI=1S/C13H25NO2/c1-15-13-6-4-12(5-7-13)14-8-9-16-10-11-2-3-11/h11-14H,2-10H2,1H3. The van der Waals surface area contributed by atoms with E-state index in [2.05, 4.69) is 5.32 Å². The molecular weight excluding hydrogens is 202 g/mol. The van der Waals surface area contributed by atoms with Crippen molar-refractivity contribution in [2.45, 2.75) is 50.7 Å². The summed E-state index contributed by atoms with van der Waals surface area (Å²) in [6.07, 6.45) is 8.18. The van der Waals surface area contributed by atoms with Crippen molar-refractivity contribution < 1.29 is 9.47 Å². The van der Waals surface area contributed by atoms with Crippen LogP contribution in [-0.2, 0) is 9.47 Å². The van der Waals surface area contributed by atoms with E-state index in [9.17, 15) is 0 Å². The largest absolute Gasteiger partial charge is 0.381 e. The van der Waals surface area contributed by atoms with Crippen LogP contribution >= 0.6 is 0 Å². The summed E-state index contributed by atoms with van der Waals surface area (Å²) >= 11 is 0. The third-order valence-electron chi connectivity index (χ3n) is 3.74. The first-order valence-corrected chi connectivity index (χ1v) is 6.72. The Kier molecular flexibility index (Phi) is 5.07. The Morgan fingerprint density at radius 1 is 1.06 bits per heavy atom. The van der Waals surface area contributed by atoms with Crippen LogP contribution in [-0.4, -0.2) is 39.0 Å². The van der Waals surface area contributed by atoms with E-state index < -0.39 is 0 Å². The van der Waals surface area contributed by atoms with Crippen molar-refractivity contribution in [3.05, 3.63) is 0 Å². The predicted molar refractivity (Wildman–Crippen MR) is 64.6 cm³/mol. The molecule has 2 fully saturated rings. The van der Waals surface area contributed by atoms with Crippen LogP contribution in [0.15, 0.2) is 0 Å². The van der Waals surface area contributed by atoms with Gasteiger partial charge in [0.2, 0.25) is 0 Å². The molecule has 0 saturated heterocycles. The Balaban J connectivity index is 1.43. The predicted octanol–water partition coefficient (Wildman–Crippen LogP) is 1.96. The number of rotatable bonds is 7. The van der Waals surface area contributed by atoms with Crippen LogP contribution in [0.1, 0.15) is 38.5 Å². The summed E-state index contributed by atoms with van der Waals surface area (Å²) in [7, 11) is 1.82. The van der Waals surface area contributed by atoms with E-state index in [1.807, 2.05) is 7.11 Å². The van der Waals surface area contributed by atoms with Gasteiger partial charge < -0.3 is 14.8 Å². The molecule has 3 heteroatoms. The molecule has 94 valence electrons. The molecule has 0 radical (unpaired) electrons. The minimum Gasteiger partial charge on any atom is -0.381 e. The van der Waals surface area contributed by atoms with Gasteiger partial charge in [0, 0.05) is 26.3 Å². The van der Waals surface area contributed by atoms with E-state index in [0.717, 1.165) is 25.7 Å². The van der Waals surface area contributed by atoms with E-state index >= 15 is 0 Å². The van der Waals surface area contributed by atoms with Crippen molar-refractivity contribution in [1.29, 1.82) is 0 Å². The minimum atomic E-state index is 0.504. The van der Waals surface area contributed by atoms with E-state index in [-0.39, 0.29) is 0 Å². The molecule has 2 rings (SSSR count). The molecule has 0 aromatic carbocycles. The Labute approximate surface area is 98.9 Å². The lowest BCUT2D eigenvalue weighted by molar-refractivity contribution is 0.0604. The van der Waals surface area contributed by atoms with Crippen molar-refractivity contribution >= 4 is 0 Å². The Bertz CT molecular complexity index is 186. The van der Waals surface area contributed by atoms with Crippen LogP contribution in [0.2, 0.25) is 0 Å². The lowest BCUT2D eigenvalue weighted by Crippen LogP contribution is -2.36. The van der Waals surface area contributed by atoms with Gasteiger partial charge in [-0.25, -0.2) is 0 Å². The van der Waals surface area contributed by atoms with Crippen molar-refractivity contribution in [3.8, 4) is 0 Å². The highest BCUT2D eigenvalue weighted by Gasteiger charge is 2.21. The average molecular weight is 227 g/mol. The normalized spacial score (nSPS) is 30.6. The van der Waals surface area contributed by atoms with Crippen LogP contribution in [0, 0.1) is 5.92 Å². The first kappa shape index (κ1) is 12.3. The summed E-state index contributed by atoms with van der Waals surface area (Å²) in [6.45, 7) is 2.87. The molecule has 2 aliphatic carbocycles. The Morgan fingerprint density at radius 2 is 1.81 bits per heavy atom. The fourth-order valence-electron chi connectivity index (χ4n) is 2.37. The summed E-state index contributed by atoms with van der Waals surface area (Å²) in [5.74, 6) is 0.886. The lowest BCUT2D eigenvalue weighted by Gasteiger charge is -2.28. The monoisotopic (exact) mass is 227 g/mol. The maximum absolute atomic E-state index is 5.60. The highest BCUT2D eigenvalue weighted by molar-refractivity contribution is 4.77. The fourth-order valence-corrected chi connectivity index (χ4v) is 2.37. The molecule has 0 bridgehead atoms. The molecular formula is C13H25NO2. The van der Waals surface area contributed by atoms with Gasteiger partial charge in [-0.2, -0.15) is 0 Å². The Hall–Kier alpha value is -0.120. The third kappa shape index (κ3) is 4.40. The zero-order chi connectivity index (χ0) is 11.2. The van der Waals surface area contributed by atoms with E-state index in [1.54, 1.807) is 0 Å². The van der Waals surface area contributed by atoms with Crippen molar-refractivity contribution in [2.24, 2.45) is 5.92 Å². The van der Waals surface area contributed by atoms with E-state index in [4.69, 9.17) is 9.47 Å². The molecule has 0 heterocycles. The van der Waals surface area contributed by atoms with Crippen LogP contribution in [0.5, 0.6) is 0 Å². The second-order valence-corrected chi connectivity index (χ2v) is 5.18. The summed E-state index contributed by atoms with van der Waals surface area (Å²) in [5.41, 5.74) is 0. The molecule has 0 amide bonds. The first-order valence-electron chi connectivity index (χ1n) is 6.72. The maximum Gasteiger partial charge on any atom is 0.0591 e. The molecule has 0 aliphatic heterocycles. The van der Waals surface area contributed by atoms with Crippen LogP contribution in [0.25, 0.3) is 0 Å². The summed E-state index contributed by atoms with van der Waals surface area (Å²) in [6, 6.07) is 0.691. The zero-order valence-corrected chi connectivity index (χ0v) is 10.4. The highest BCUT2D eigenvalue weighted by atomic mass is 16.5. The second kappa shape index (κ2) is 6.58. The summed E-state index contributed by atoms with van der Waals surface area (Å²) < 4.78 is 11.0. The van der Waals surface area contributed by atoms with Crippen LogP contribution < -0.4 is 5.32 Å². The molecule has 1 N–H and O–H groups in total. The van der Waals surface area contributed by atoms with Gasteiger partial charge in [0.05, 0.1) is 12.7 Å². The van der Waals surface area contributed by atoms with Gasteiger partial charge >= 0.3 is 0 Å². The minimum absolute atomic E-state index is 0.504. The SMILES string of the molecule is COC1CCC(NCCOCC2CC2)CC1. The quantitative estimate of drug-likeness (QED) is 0.674. The highest BCUT2D eigenvalue weighted by Crippen LogP contribution is 2.28. The number of ether oxygens (including phenoxy) is 2. The fraction of sp³-hybridized carbons (Fsp3) is 1.00. The molecule has 2 aliphatic rings. The third-order valence-corrected chi connectivity index (χ3v) is 3.74. The van der Waals surface area contributed by atoms with Crippen molar-refractivity contribution in [1.82, 2.24) is 5.32 Å². The van der Waals surface area contributed by atoms with Gasteiger partial charge in [-0.1, -0.05) is 0 Å². The summed E-state index contributed by atoms with van der Waals surface area (Å²) in [4.78, 5) is 0. The average Bonchev–Trinajstić information content (AvgIpc) is 3.13.